The second-order valence-corrected chi connectivity index (χ2v) is 1.77. The van der Waals surface area contributed by atoms with Crippen molar-refractivity contribution >= 4 is 6.21 Å². The molecule has 1 heteroatoms. The molecule has 0 aromatic rings. The highest BCUT2D eigenvalue weighted by Gasteiger charge is 1.63. The predicted octanol–water partition coefficient (Wildman–Crippen LogP) is 2.79. The quantitative estimate of drug-likeness (QED) is 0.411. The monoisotopic (exact) mass is 125 g/mol. The van der Waals surface area contributed by atoms with Crippen molar-refractivity contribution in [3.8, 4) is 0 Å². The summed E-state index contributed by atoms with van der Waals surface area (Å²) >= 11 is 0. The van der Waals surface area contributed by atoms with Gasteiger partial charge in [0, 0.05) is 0 Å². The van der Waals surface area contributed by atoms with Gasteiger partial charge in [0.1, 0.15) is 0 Å². The third kappa shape index (κ3) is 41.0. The van der Waals surface area contributed by atoms with Gasteiger partial charge < -0.3 is 5.41 Å². The molecule has 9 heavy (non-hydrogen) atoms. The minimum absolute atomic E-state index is 1.25. The van der Waals surface area contributed by atoms with Gasteiger partial charge in [-0.2, -0.15) is 0 Å². The lowest BCUT2D eigenvalue weighted by Gasteiger charge is -1.76. The molecular weight excluding hydrogens is 110 g/mol. The summed E-state index contributed by atoms with van der Waals surface area (Å²) in [6, 6.07) is 0. The standard InChI is InChI=1S/C6H10.C2H5N/c1-4-5-6(2)3;1-2-3/h4-5H,1H2,2-3H3;2-3H,1H3. The predicted molar refractivity (Wildman–Crippen MR) is 44.1 cm³/mol. The number of allylic oxidation sites excluding steroid dienone is 3. The van der Waals surface area contributed by atoms with Gasteiger partial charge in [-0.15, -0.1) is 0 Å². The summed E-state index contributed by atoms with van der Waals surface area (Å²) in [6.07, 6.45) is 5.01. The maximum absolute atomic E-state index is 6.08. The van der Waals surface area contributed by atoms with Crippen LogP contribution in [-0.2, 0) is 0 Å². The van der Waals surface area contributed by atoms with Crippen LogP contribution in [0, 0.1) is 5.41 Å². The molecule has 52 valence electrons. The average molecular weight is 125 g/mol. The second-order valence-electron chi connectivity index (χ2n) is 1.77. The first-order valence-corrected chi connectivity index (χ1v) is 2.90. The van der Waals surface area contributed by atoms with Gasteiger partial charge in [0.2, 0.25) is 0 Å². The van der Waals surface area contributed by atoms with Crippen molar-refractivity contribution in [3.63, 3.8) is 0 Å². The number of rotatable bonds is 1. The van der Waals surface area contributed by atoms with E-state index in [0.717, 1.165) is 0 Å². The zero-order valence-corrected chi connectivity index (χ0v) is 6.44. The number of hydrogen-bond donors (Lipinski definition) is 1. The van der Waals surface area contributed by atoms with E-state index in [-0.39, 0.29) is 0 Å². The van der Waals surface area contributed by atoms with E-state index in [1.54, 1.807) is 13.0 Å². The van der Waals surface area contributed by atoms with Crippen LogP contribution in [0.4, 0.5) is 0 Å². The van der Waals surface area contributed by atoms with Crippen LogP contribution in [0.1, 0.15) is 20.8 Å². The molecule has 0 atom stereocenters. The normalized spacial score (nSPS) is 6.11. The van der Waals surface area contributed by atoms with Gasteiger partial charge >= 0.3 is 0 Å². The fraction of sp³-hybridized carbons (Fsp3) is 0.375. The van der Waals surface area contributed by atoms with Crippen LogP contribution in [0.2, 0.25) is 0 Å². The zero-order chi connectivity index (χ0) is 7.70. The van der Waals surface area contributed by atoms with Crippen molar-refractivity contribution in [3.05, 3.63) is 24.3 Å². The number of hydrogen-bond acceptors (Lipinski definition) is 1. The van der Waals surface area contributed by atoms with E-state index in [1.165, 1.54) is 11.8 Å². The maximum Gasteiger partial charge on any atom is -0.00788 e. The highest BCUT2D eigenvalue weighted by molar-refractivity contribution is 5.48. The van der Waals surface area contributed by atoms with Gasteiger partial charge in [-0.3, -0.25) is 0 Å². The van der Waals surface area contributed by atoms with Gasteiger partial charge in [0.05, 0.1) is 0 Å². The first-order valence-electron chi connectivity index (χ1n) is 2.90. The molecule has 0 saturated carbocycles. The summed E-state index contributed by atoms with van der Waals surface area (Å²) in [6.45, 7) is 9.28. The Morgan fingerprint density at radius 1 is 1.44 bits per heavy atom. The molecule has 1 N–H and O–H groups in total. The Kier molecular flexibility index (Phi) is 12.5. The summed E-state index contributed by atoms with van der Waals surface area (Å²) in [4.78, 5) is 0. The Morgan fingerprint density at radius 2 is 1.78 bits per heavy atom. The van der Waals surface area contributed by atoms with Gasteiger partial charge in [0.15, 0.2) is 0 Å². The van der Waals surface area contributed by atoms with E-state index in [9.17, 15) is 0 Å². The Labute approximate surface area is 57.6 Å². The Bertz CT molecular complexity index is 97.1. The van der Waals surface area contributed by atoms with Crippen LogP contribution in [0.25, 0.3) is 0 Å². The molecule has 0 aliphatic rings. The topological polar surface area (TPSA) is 23.9 Å². The fourth-order valence-corrected chi connectivity index (χ4v) is 0.236. The van der Waals surface area contributed by atoms with E-state index in [4.69, 9.17) is 5.41 Å². The van der Waals surface area contributed by atoms with Crippen molar-refractivity contribution < 1.29 is 0 Å². The molecule has 0 aromatic carbocycles. The zero-order valence-electron chi connectivity index (χ0n) is 6.44. The Morgan fingerprint density at radius 3 is 1.78 bits per heavy atom. The molecule has 0 amide bonds. The minimum Gasteiger partial charge on any atom is -0.313 e. The molecule has 0 aliphatic heterocycles. The van der Waals surface area contributed by atoms with Gasteiger partial charge in [0.25, 0.3) is 0 Å². The lowest BCUT2D eigenvalue weighted by atomic mass is 10.3. The third-order valence-electron chi connectivity index (χ3n) is 0.451. The van der Waals surface area contributed by atoms with Gasteiger partial charge in [-0.25, -0.2) is 0 Å². The maximum atomic E-state index is 6.08. The van der Waals surface area contributed by atoms with Crippen molar-refractivity contribution in [1.29, 1.82) is 5.41 Å². The number of nitrogens with one attached hydrogen (secondary N) is 1. The third-order valence-corrected chi connectivity index (χ3v) is 0.451. The van der Waals surface area contributed by atoms with Crippen molar-refractivity contribution in [2.24, 2.45) is 0 Å². The van der Waals surface area contributed by atoms with E-state index in [2.05, 4.69) is 6.58 Å². The summed E-state index contributed by atoms with van der Waals surface area (Å²) in [5, 5.41) is 6.08. The highest BCUT2D eigenvalue weighted by atomic mass is 14.3. The molecule has 0 saturated heterocycles. The molecule has 0 heterocycles. The average Bonchev–Trinajstić information content (AvgIpc) is 1.67. The smallest absolute Gasteiger partial charge is 0.00788 e. The molecule has 0 aromatic heterocycles. The largest absolute Gasteiger partial charge is 0.313 e. The summed E-state index contributed by atoms with van der Waals surface area (Å²) < 4.78 is 0. The molecule has 1 nitrogen and oxygen atoms in total. The van der Waals surface area contributed by atoms with Gasteiger partial charge in [-0.1, -0.05) is 24.3 Å². The lowest BCUT2D eigenvalue weighted by molar-refractivity contribution is 1.40. The van der Waals surface area contributed by atoms with E-state index in [0.29, 0.717) is 0 Å². The first kappa shape index (κ1) is 11.0. The van der Waals surface area contributed by atoms with E-state index < -0.39 is 0 Å². The van der Waals surface area contributed by atoms with Crippen molar-refractivity contribution in [2.45, 2.75) is 20.8 Å². The molecule has 0 fully saturated rings. The minimum atomic E-state index is 1.25. The molecule has 0 unspecified atom stereocenters. The van der Waals surface area contributed by atoms with Gasteiger partial charge in [-0.05, 0) is 27.0 Å². The first-order chi connectivity index (χ1) is 4.18. The SMILES string of the molecule is C=CC=C(C)C.CC=N. The van der Waals surface area contributed by atoms with E-state index >= 15 is 0 Å². The molecule has 0 radical (unpaired) electrons. The van der Waals surface area contributed by atoms with Crippen LogP contribution in [0.3, 0.4) is 0 Å². The van der Waals surface area contributed by atoms with Crippen molar-refractivity contribution in [1.82, 2.24) is 0 Å². The highest BCUT2D eigenvalue weighted by Crippen LogP contribution is 1.85. The summed E-state index contributed by atoms with van der Waals surface area (Å²) in [7, 11) is 0. The molecular formula is C8H15N. The van der Waals surface area contributed by atoms with Crippen molar-refractivity contribution in [2.75, 3.05) is 0 Å². The molecule has 0 aliphatic carbocycles. The Hall–Kier alpha value is -0.850. The molecule has 0 bridgehead atoms. The van der Waals surface area contributed by atoms with Crippen LogP contribution in [0.15, 0.2) is 24.3 Å². The lowest BCUT2D eigenvalue weighted by Crippen LogP contribution is -1.54. The summed E-state index contributed by atoms with van der Waals surface area (Å²) in [5.41, 5.74) is 1.30. The fourth-order valence-electron chi connectivity index (χ4n) is 0.236. The van der Waals surface area contributed by atoms with Crippen LogP contribution in [-0.4, -0.2) is 6.21 Å². The summed E-state index contributed by atoms with van der Waals surface area (Å²) in [5.74, 6) is 0. The molecule has 0 spiro atoms. The Balaban J connectivity index is 0. The van der Waals surface area contributed by atoms with E-state index in [1.807, 2.05) is 19.9 Å². The van der Waals surface area contributed by atoms with Crippen LogP contribution >= 0.6 is 0 Å². The van der Waals surface area contributed by atoms with Crippen LogP contribution < -0.4 is 0 Å². The van der Waals surface area contributed by atoms with Crippen LogP contribution in [0.5, 0.6) is 0 Å². The second kappa shape index (κ2) is 10.2. The molecule has 0 rings (SSSR count).